The van der Waals surface area contributed by atoms with Crippen LogP contribution in [0.15, 0.2) is 22.5 Å². The average molecular weight is 378 g/mol. The minimum Gasteiger partial charge on any atom is -0.376 e. The molecule has 25 heavy (non-hydrogen) atoms. The van der Waals surface area contributed by atoms with Crippen molar-refractivity contribution in [1.29, 1.82) is 0 Å². The maximum absolute atomic E-state index is 12.3. The number of guanidine groups is 1. The number of nitrogens with zero attached hydrogens (tertiary/aromatic N) is 2. The van der Waals surface area contributed by atoms with Crippen molar-refractivity contribution in [3.05, 3.63) is 22.4 Å². The zero-order valence-electron chi connectivity index (χ0n) is 14.5. The molecule has 0 aliphatic carbocycles. The molecule has 142 valence electrons. The molecule has 1 aliphatic rings. The highest BCUT2D eigenvalue weighted by atomic mass is 32.1. The van der Waals surface area contributed by atoms with Gasteiger partial charge >= 0.3 is 6.18 Å². The fraction of sp³-hybridized carbons (Fsp3) is 0.688. The fourth-order valence-electron chi connectivity index (χ4n) is 2.76. The lowest BCUT2D eigenvalue weighted by Gasteiger charge is -2.37. The summed E-state index contributed by atoms with van der Waals surface area (Å²) in [5.41, 5.74) is 0. The summed E-state index contributed by atoms with van der Waals surface area (Å²) in [6, 6.07) is 4.22. The van der Waals surface area contributed by atoms with Gasteiger partial charge in [0.25, 0.3) is 0 Å². The minimum absolute atomic E-state index is 0.132. The third-order valence-electron chi connectivity index (χ3n) is 3.97. The van der Waals surface area contributed by atoms with E-state index in [1.165, 1.54) is 4.88 Å². The van der Waals surface area contributed by atoms with Crippen molar-refractivity contribution in [3.63, 3.8) is 0 Å². The topological polar surface area (TPSA) is 48.9 Å². The van der Waals surface area contributed by atoms with Crippen LogP contribution in [0.25, 0.3) is 0 Å². The molecule has 0 aromatic carbocycles. The van der Waals surface area contributed by atoms with Gasteiger partial charge < -0.3 is 15.4 Å². The molecule has 0 amide bonds. The van der Waals surface area contributed by atoms with E-state index in [1.807, 2.05) is 18.4 Å². The number of hydrogen-bond acceptors (Lipinski definition) is 4. The molecule has 1 fully saturated rings. The van der Waals surface area contributed by atoms with E-state index in [1.54, 1.807) is 18.4 Å². The van der Waals surface area contributed by atoms with Crippen molar-refractivity contribution in [2.75, 3.05) is 39.8 Å². The summed E-state index contributed by atoms with van der Waals surface area (Å²) in [6.07, 6.45) is -4.89. The van der Waals surface area contributed by atoms with E-state index in [0.29, 0.717) is 19.1 Å². The molecule has 2 heterocycles. The monoisotopic (exact) mass is 378 g/mol. The van der Waals surface area contributed by atoms with Gasteiger partial charge in [0.05, 0.1) is 25.2 Å². The van der Waals surface area contributed by atoms with E-state index in [0.717, 1.165) is 13.1 Å². The van der Waals surface area contributed by atoms with Crippen molar-refractivity contribution in [3.8, 4) is 0 Å². The van der Waals surface area contributed by atoms with Crippen LogP contribution >= 0.6 is 11.3 Å². The van der Waals surface area contributed by atoms with Crippen molar-refractivity contribution in [1.82, 2.24) is 15.5 Å². The second-order valence-corrected chi connectivity index (χ2v) is 6.93. The second-order valence-electron chi connectivity index (χ2n) is 5.95. The van der Waals surface area contributed by atoms with Crippen molar-refractivity contribution < 1.29 is 17.9 Å². The first kappa shape index (κ1) is 20.0. The summed E-state index contributed by atoms with van der Waals surface area (Å²) in [6.45, 7) is 4.75. The van der Waals surface area contributed by atoms with E-state index >= 15 is 0 Å². The Morgan fingerprint density at radius 2 is 2.28 bits per heavy atom. The van der Waals surface area contributed by atoms with Crippen molar-refractivity contribution in [2.24, 2.45) is 4.99 Å². The molecule has 2 atom stereocenters. The molecule has 0 saturated carbocycles. The van der Waals surface area contributed by atoms with Gasteiger partial charge in [0.15, 0.2) is 5.96 Å². The van der Waals surface area contributed by atoms with E-state index in [2.05, 4.69) is 26.6 Å². The molecule has 1 saturated heterocycles. The van der Waals surface area contributed by atoms with Gasteiger partial charge in [-0.05, 0) is 18.4 Å². The predicted octanol–water partition coefficient (Wildman–Crippen LogP) is 2.63. The third-order valence-corrected chi connectivity index (χ3v) is 4.95. The quantitative estimate of drug-likeness (QED) is 0.590. The van der Waals surface area contributed by atoms with Gasteiger partial charge in [-0.25, -0.2) is 0 Å². The Morgan fingerprint density at radius 3 is 2.88 bits per heavy atom. The summed E-state index contributed by atoms with van der Waals surface area (Å²) in [7, 11) is 1.56. The Bertz CT molecular complexity index is 536. The zero-order chi connectivity index (χ0) is 18.3. The molecule has 2 N–H and O–H groups in total. The summed E-state index contributed by atoms with van der Waals surface area (Å²) < 4.78 is 42.4. The Hall–Kier alpha value is -1.32. The number of rotatable bonds is 6. The first-order valence-corrected chi connectivity index (χ1v) is 9.17. The molecule has 0 bridgehead atoms. The second kappa shape index (κ2) is 9.40. The van der Waals surface area contributed by atoms with Gasteiger partial charge in [-0.1, -0.05) is 6.07 Å². The van der Waals surface area contributed by atoms with Gasteiger partial charge in [-0.15, -0.1) is 11.3 Å². The van der Waals surface area contributed by atoms with Gasteiger partial charge in [0, 0.05) is 38.1 Å². The smallest absolute Gasteiger partial charge is 0.376 e. The molecule has 0 radical (unpaired) electrons. The standard InChI is InChI=1S/C16H25F3N4OS/c1-12-11-23(7-8-24-12)13(14-4-3-9-25-14)10-22-15(20-2)21-6-5-16(17,18)19/h3-4,9,12-13H,5-8,10-11H2,1-2H3,(H2,20,21,22). The van der Waals surface area contributed by atoms with E-state index in [4.69, 9.17) is 4.74 Å². The first-order valence-electron chi connectivity index (χ1n) is 8.29. The van der Waals surface area contributed by atoms with Gasteiger partial charge in [-0.3, -0.25) is 9.89 Å². The molecule has 0 spiro atoms. The Balaban J connectivity index is 1.92. The highest BCUT2D eigenvalue weighted by Gasteiger charge is 2.28. The molecule has 1 aliphatic heterocycles. The summed E-state index contributed by atoms with van der Waals surface area (Å²) >= 11 is 1.67. The predicted molar refractivity (Wildman–Crippen MR) is 94.1 cm³/mol. The molecular formula is C16H25F3N4OS. The van der Waals surface area contributed by atoms with Crippen LogP contribution in [0, 0.1) is 0 Å². The number of aliphatic imine (C=N–C) groups is 1. The van der Waals surface area contributed by atoms with Crippen LogP contribution in [0.3, 0.4) is 0 Å². The maximum Gasteiger partial charge on any atom is 0.390 e. The lowest BCUT2D eigenvalue weighted by atomic mass is 10.1. The number of halogens is 3. The largest absolute Gasteiger partial charge is 0.390 e. The minimum atomic E-state index is -4.17. The van der Waals surface area contributed by atoms with E-state index < -0.39 is 12.6 Å². The normalized spacial score (nSPS) is 21.2. The van der Waals surface area contributed by atoms with Crippen molar-refractivity contribution in [2.45, 2.75) is 31.7 Å². The van der Waals surface area contributed by atoms with Crippen LogP contribution < -0.4 is 10.6 Å². The Kier molecular flexibility index (Phi) is 7.52. The van der Waals surface area contributed by atoms with Gasteiger partial charge in [0.1, 0.15) is 0 Å². The van der Waals surface area contributed by atoms with Gasteiger partial charge in [-0.2, -0.15) is 13.2 Å². The van der Waals surface area contributed by atoms with Crippen LogP contribution in [-0.4, -0.2) is 63.0 Å². The molecular weight excluding hydrogens is 353 g/mol. The number of morpholine rings is 1. The van der Waals surface area contributed by atoms with Crippen LogP contribution in [0.5, 0.6) is 0 Å². The number of alkyl halides is 3. The maximum atomic E-state index is 12.3. The summed E-state index contributed by atoms with van der Waals surface area (Å²) in [4.78, 5) is 7.57. The molecule has 5 nitrogen and oxygen atoms in total. The van der Waals surface area contributed by atoms with E-state index in [9.17, 15) is 13.2 Å². The van der Waals surface area contributed by atoms with Crippen LogP contribution in [0.1, 0.15) is 24.3 Å². The summed E-state index contributed by atoms with van der Waals surface area (Å²) in [5.74, 6) is 0.382. The number of ether oxygens (including phenoxy) is 1. The summed E-state index contributed by atoms with van der Waals surface area (Å²) in [5, 5.41) is 7.90. The molecule has 2 rings (SSSR count). The van der Waals surface area contributed by atoms with Crippen LogP contribution in [-0.2, 0) is 4.74 Å². The number of hydrogen-bond donors (Lipinski definition) is 2. The SMILES string of the molecule is CN=C(NCCC(F)(F)F)NCC(c1cccs1)N1CCOC(C)C1. The molecule has 1 aromatic heterocycles. The highest BCUT2D eigenvalue weighted by Crippen LogP contribution is 2.26. The third kappa shape index (κ3) is 6.83. The molecule has 1 aromatic rings. The zero-order valence-corrected chi connectivity index (χ0v) is 15.3. The lowest BCUT2D eigenvalue weighted by molar-refractivity contribution is -0.132. The van der Waals surface area contributed by atoms with Crippen molar-refractivity contribution >= 4 is 17.3 Å². The van der Waals surface area contributed by atoms with Crippen LogP contribution in [0.4, 0.5) is 13.2 Å². The average Bonchev–Trinajstić information content (AvgIpc) is 3.06. The Labute approximate surface area is 150 Å². The fourth-order valence-corrected chi connectivity index (χ4v) is 3.62. The molecule has 2 unspecified atom stereocenters. The van der Waals surface area contributed by atoms with Gasteiger partial charge in [0.2, 0.25) is 0 Å². The highest BCUT2D eigenvalue weighted by molar-refractivity contribution is 7.10. The first-order chi connectivity index (χ1) is 11.9. The number of thiophene rings is 1. The van der Waals surface area contributed by atoms with E-state index in [-0.39, 0.29) is 18.7 Å². The van der Waals surface area contributed by atoms with Crippen LogP contribution in [0.2, 0.25) is 0 Å². The Morgan fingerprint density at radius 1 is 1.48 bits per heavy atom. The lowest BCUT2D eigenvalue weighted by Crippen LogP contribution is -2.48. The molecule has 9 heteroatoms. The number of nitrogens with one attached hydrogen (secondary N) is 2.